The number of amides is 5. The quantitative estimate of drug-likeness (QED) is 0.0194. The summed E-state index contributed by atoms with van der Waals surface area (Å²) in [5.74, 6) is -16.7. The third-order valence-electron chi connectivity index (χ3n) is 22.7. The van der Waals surface area contributed by atoms with Gasteiger partial charge in [-0.1, -0.05) is 229 Å². The zero-order chi connectivity index (χ0) is 103. The number of ether oxygens (including phenoxy) is 16. The highest BCUT2D eigenvalue weighted by atomic mass is 35.5. The van der Waals surface area contributed by atoms with E-state index in [9.17, 15) is 48.6 Å². The molecule has 5 amide bonds. The van der Waals surface area contributed by atoms with Crippen LogP contribution in [0.25, 0.3) is 11.1 Å². The van der Waals surface area contributed by atoms with Crippen molar-refractivity contribution in [3.63, 3.8) is 0 Å². The van der Waals surface area contributed by atoms with Crippen LogP contribution >= 0.6 is 23.2 Å². The number of benzene rings is 13. The van der Waals surface area contributed by atoms with Crippen molar-refractivity contribution in [2.24, 2.45) is 11.5 Å². The Morgan fingerprint density at radius 2 is 0.776 bits per heavy atom. The summed E-state index contributed by atoms with van der Waals surface area (Å²) in [5.41, 5.74) is 13.3. The minimum Gasteiger partial charge on any atom is -0.480 e. The fourth-order valence-electron chi connectivity index (χ4n) is 15.4. The predicted octanol–water partition coefficient (Wildman–Crippen LogP) is 17.0. The maximum Gasteiger partial charge on any atom is 0.514 e. The van der Waals surface area contributed by atoms with Gasteiger partial charge < -0.3 is 124 Å². The van der Waals surface area contributed by atoms with Gasteiger partial charge in [-0.25, -0.2) is 38.4 Å². The molecule has 0 aromatic heterocycles. The minimum absolute atomic E-state index is 0.110. The van der Waals surface area contributed by atoms with Gasteiger partial charge in [0.25, 0.3) is 0 Å². The summed E-state index contributed by atoms with van der Waals surface area (Å²) in [5, 5.41) is 35.9. The van der Waals surface area contributed by atoms with Crippen LogP contribution < -0.4 is 80.7 Å². The summed E-state index contributed by atoms with van der Waals surface area (Å²) in [6.07, 6.45) is -11.4. The average Bonchev–Trinajstić information content (AvgIpc) is 0.751. The lowest BCUT2D eigenvalue weighted by Gasteiger charge is -2.31. The molecule has 147 heavy (non-hydrogen) atoms. The smallest absolute Gasteiger partial charge is 0.480 e. The molecule has 11 N–H and O–H groups in total. The number of aliphatic carboxylic acids is 1. The third-order valence-corrected chi connectivity index (χ3v) is 23.2. The minimum atomic E-state index is -2.44. The number of nitrogens with one attached hydrogen (secondary N) is 5. The standard InChI is InChI=1S/C107H85Cl2N7O31/c1-132-101(125)91-74-50-72(141-103(127)134-53-59-22-10-3-11-23-59)51-83(146-106(130)137-56-62-28-16-6-17-29-62)86(74)73-44-66(34-37-78(73)144-104(128)135-54-60-24-12-4-13-25-60)89-97(120)116-92(99(122)115-91)93(117)67-35-38-80(76(109)45-67)143-85-48-69-47-84(94(85)147-107(131)138-57-63-30-18-7-19-31-63)142-79-36-32-64(40-75(79)108)41-77(100(123)124)112-95(118)87(110)65-33-39-81(145-105(129)136-55-61-26-14-5-15-27-61)82(46-65)139-70-42-68(88(111)96(119)113-90(69)98(121)114-89)43-71(49-70)140-102(126)133-52-58-20-8-2-9-21-58/h2-40,42-51,77,87-93,117H,41,52-57,110-111H2,1H3,(H,112,118)(H,113,119)(H,114,121)(H,115,122)(H,116,120)(H,123,124). The third kappa shape index (κ3) is 26.1. The van der Waals surface area contributed by atoms with E-state index in [0.717, 1.165) is 98.1 Å². The number of hydrogen-bond donors (Lipinski definition) is 9. The van der Waals surface area contributed by atoms with E-state index < -0.39 is 249 Å². The fraction of sp³-hybridized carbons (Fsp3) is 0.150. The van der Waals surface area contributed by atoms with E-state index in [-0.39, 0.29) is 52.8 Å². The van der Waals surface area contributed by atoms with Crippen molar-refractivity contribution < 1.29 is 148 Å². The maximum absolute atomic E-state index is 17.1. The molecule has 15 bridgehead atoms. The molecular weight excluding hydrogens is 1950 g/mol. The van der Waals surface area contributed by atoms with Crippen molar-refractivity contribution in [2.75, 3.05) is 7.11 Å². The molecule has 0 radical (unpaired) electrons. The average molecular weight is 2040 g/mol. The molecule has 18 rings (SSSR count). The number of fused-ring (bicyclic) bond motifs is 15. The van der Waals surface area contributed by atoms with Gasteiger partial charge in [0.2, 0.25) is 35.3 Å². The molecule has 5 aliphatic heterocycles. The zero-order valence-electron chi connectivity index (χ0n) is 77.0. The van der Waals surface area contributed by atoms with Gasteiger partial charge in [0.1, 0.15) is 122 Å². The molecule has 0 saturated carbocycles. The monoisotopic (exact) mass is 2030 g/mol. The van der Waals surface area contributed by atoms with Crippen molar-refractivity contribution >= 4 is 102 Å². The fourth-order valence-corrected chi connectivity index (χ4v) is 15.8. The molecule has 8 atom stereocenters. The number of nitrogens with two attached hydrogens (primary N) is 2. The highest BCUT2D eigenvalue weighted by Crippen LogP contribution is 2.50. The molecule has 40 heteroatoms. The Labute approximate surface area is 844 Å². The summed E-state index contributed by atoms with van der Waals surface area (Å²) < 4.78 is 94.5. The topological polar surface area (TPSA) is 522 Å². The number of carbonyl (C=O) groups is 13. The molecule has 0 fully saturated rings. The Kier molecular flexibility index (Phi) is 32.5. The Morgan fingerprint density at radius 3 is 1.27 bits per heavy atom. The van der Waals surface area contributed by atoms with Crippen molar-refractivity contribution in [3.05, 3.63) is 380 Å². The van der Waals surface area contributed by atoms with Crippen LogP contribution in [0, 0.1) is 0 Å². The van der Waals surface area contributed by atoms with Crippen molar-refractivity contribution in [3.8, 4) is 80.1 Å². The molecule has 13 aromatic carbocycles. The van der Waals surface area contributed by atoms with E-state index in [4.69, 9.17) is 110 Å². The number of hydrogen-bond acceptors (Lipinski definition) is 32. The van der Waals surface area contributed by atoms with Crippen LogP contribution in [0.3, 0.4) is 0 Å². The van der Waals surface area contributed by atoms with E-state index in [1.54, 1.807) is 182 Å². The molecule has 38 nitrogen and oxygen atoms in total. The first-order valence-corrected chi connectivity index (χ1v) is 45.5. The van der Waals surface area contributed by atoms with Gasteiger partial charge in [0, 0.05) is 35.2 Å². The molecule has 5 heterocycles. The summed E-state index contributed by atoms with van der Waals surface area (Å²) in [7, 11) is 0.902. The van der Waals surface area contributed by atoms with Crippen LogP contribution in [0.1, 0.15) is 109 Å². The number of methoxy groups -OCH3 is 1. The number of carboxylic acid groups (broad SMARTS) is 1. The van der Waals surface area contributed by atoms with Gasteiger partial charge in [-0.3, -0.25) is 24.0 Å². The molecule has 0 aliphatic carbocycles. The van der Waals surface area contributed by atoms with Gasteiger partial charge >= 0.3 is 48.9 Å². The maximum atomic E-state index is 17.1. The van der Waals surface area contributed by atoms with E-state index >= 15 is 24.0 Å². The van der Waals surface area contributed by atoms with Crippen LogP contribution in [0.4, 0.5) is 28.8 Å². The highest BCUT2D eigenvalue weighted by molar-refractivity contribution is 6.32. The van der Waals surface area contributed by atoms with Crippen molar-refractivity contribution in [1.82, 2.24) is 26.6 Å². The van der Waals surface area contributed by atoms with Crippen molar-refractivity contribution in [1.29, 1.82) is 0 Å². The number of aliphatic hydroxyl groups is 1. The number of esters is 1. The predicted molar refractivity (Wildman–Crippen MR) is 517 cm³/mol. The normalized spacial score (nSPS) is 16.8. The molecule has 13 aromatic rings. The molecule has 748 valence electrons. The van der Waals surface area contributed by atoms with E-state index in [2.05, 4.69) is 26.6 Å². The van der Waals surface area contributed by atoms with Gasteiger partial charge in [0.15, 0.2) is 29.0 Å². The second kappa shape index (κ2) is 47.0. The van der Waals surface area contributed by atoms with E-state index in [1.807, 2.05) is 0 Å². The molecule has 5 aliphatic rings. The van der Waals surface area contributed by atoms with E-state index in [0.29, 0.717) is 33.4 Å². The highest BCUT2D eigenvalue weighted by Gasteiger charge is 2.43. The number of aliphatic hydroxyl groups excluding tert-OH is 1. The van der Waals surface area contributed by atoms with Crippen LogP contribution in [0.5, 0.6) is 69.0 Å². The van der Waals surface area contributed by atoms with Gasteiger partial charge in [-0.2, -0.15) is 0 Å². The SMILES string of the molecule is COC(=O)C1NC(=O)C2NC(=O)C(NC(=O)C3NC(=O)C(N)c4cc(OC(=O)OCc5ccccc5)cc(c4)Oc4cc(ccc4OC(=O)OCc4ccccc4)C(N)C(=O)NC(C(=O)O)Cc4ccc(c(Cl)c4)Oc4cc3cc(c4OC(=O)OCc3ccccc3)Oc3ccc(cc3Cl)C2O)c2ccc(OC(=O)OCc3ccccc3)c(c2)-c2c(OC(=O)OCc3ccccc3)cc(OC(=O)OCc3ccccc3)cc21. The van der Waals surface area contributed by atoms with Crippen LogP contribution in [-0.4, -0.2) is 108 Å². The Hall–Kier alpha value is -18.4. The zero-order valence-corrected chi connectivity index (χ0v) is 78.5. The van der Waals surface area contributed by atoms with Crippen LogP contribution in [0.2, 0.25) is 10.0 Å². The Balaban J connectivity index is 0.910. The lowest BCUT2D eigenvalue weighted by Crippen LogP contribution is -2.55. The first kappa shape index (κ1) is 102. The van der Waals surface area contributed by atoms with Crippen LogP contribution in [-0.2, 0) is 113 Å². The largest absolute Gasteiger partial charge is 0.514 e. The lowest BCUT2D eigenvalue weighted by molar-refractivity contribution is -0.146. The van der Waals surface area contributed by atoms with Crippen LogP contribution in [0.15, 0.2) is 297 Å². The van der Waals surface area contributed by atoms with Gasteiger partial charge in [-0.05, 0) is 146 Å². The first-order chi connectivity index (χ1) is 71.0. The number of carboxylic acids is 1. The molecule has 8 unspecified atom stereocenters. The van der Waals surface area contributed by atoms with Gasteiger partial charge in [0.05, 0.1) is 17.2 Å². The van der Waals surface area contributed by atoms with Gasteiger partial charge in [-0.15, -0.1) is 0 Å². The number of halogens is 2. The lowest BCUT2D eigenvalue weighted by atomic mass is 9.89. The first-order valence-electron chi connectivity index (χ1n) is 44.8. The molecule has 0 saturated heterocycles. The summed E-state index contributed by atoms with van der Waals surface area (Å²) in [6, 6.07) is 55.6. The number of rotatable bonds is 20. The molecule has 0 spiro atoms. The summed E-state index contributed by atoms with van der Waals surface area (Å²) in [6.45, 7) is -2.38. The Bertz CT molecular complexity index is 7160. The summed E-state index contributed by atoms with van der Waals surface area (Å²) in [4.78, 5) is 195. The molecular formula is C107H85Cl2N7O31. The second-order valence-corrected chi connectivity index (χ2v) is 33.6. The van der Waals surface area contributed by atoms with E-state index in [1.165, 1.54) is 24.3 Å². The van der Waals surface area contributed by atoms with Crippen molar-refractivity contribution in [2.45, 2.75) is 94.5 Å². The summed E-state index contributed by atoms with van der Waals surface area (Å²) >= 11 is 14.5. The second-order valence-electron chi connectivity index (χ2n) is 32.8. The number of carbonyl (C=O) groups excluding carboxylic acids is 12. The Morgan fingerprint density at radius 1 is 0.361 bits per heavy atom.